The number of nitrogens with zero attached hydrogens (tertiary/aromatic N) is 4. The first-order valence-electron chi connectivity index (χ1n) is 8.11. The Kier molecular flexibility index (Phi) is 7.16. The number of ether oxygens (including phenoxy) is 1. The van der Waals surface area contributed by atoms with Gasteiger partial charge in [-0.15, -0.1) is 0 Å². The van der Waals surface area contributed by atoms with Gasteiger partial charge >= 0.3 is 0 Å². The standard InChI is InChI=1S/C11H15N2O.C6H11N2O/c1-14-11-4-2-10(3-5-11)13-8-6-12-7-9-13;1-6(9)8-4-2-7-3-5-8/h2-5H,6-9H2,1H3;2-5H2,1H3. The molecule has 6 nitrogen and oxygen atoms in total. The van der Waals surface area contributed by atoms with Crippen molar-refractivity contribution in [2.45, 2.75) is 6.92 Å². The van der Waals surface area contributed by atoms with Crippen LogP contribution in [0.4, 0.5) is 5.69 Å². The number of carbonyl (C=O) groups excluding carboxylic acids is 1. The number of rotatable bonds is 2. The molecule has 2 aliphatic heterocycles. The number of benzene rings is 1. The van der Waals surface area contributed by atoms with Crippen LogP contribution >= 0.6 is 0 Å². The molecule has 2 radical (unpaired) electrons. The molecule has 2 aliphatic rings. The summed E-state index contributed by atoms with van der Waals surface area (Å²) in [5.74, 6) is 1.08. The van der Waals surface area contributed by atoms with E-state index in [1.165, 1.54) is 5.69 Å². The lowest BCUT2D eigenvalue weighted by Crippen LogP contribution is -2.42. The zero-order valence-corrected chi connectivity index (χ0v) is 14.1. The molecule has 3 rings (SSSR count). The number of hydrogen-bond donors (Lipinski definition) is 0. The van der Waals surface area contributed by atoms with Crippen molar-refractivity contribution in [3.05, 3.63) is 24.3 Å². The molecule has 0 atom stereocenters. The first-order chi connectivity index (χ1) is 11.2. The van der Waals surface area contributed by atoms with Crippen LogP contribution in [0.15, 0.2) is 24.3 Å². The lowest BCUT2D eigenvalue weighted by molar-refractivity contribution is -0.129. The topological polar surface area (TPSA) is 61.0 Å². The quantitative estimate of drug-likeness (QED) is 0.801. The van der Waals surface area contributed by atoms with Crippen molar-refractivity contribution in [3.8, 4) is 5.75 Å². The molecule has 0 aliphatic carbocycles. The van der Waals surface area contributed by atoms with Crippen molar-refractivity contribution in [3.63, 3.8) is 0 Å². The number of hydrogen-bond acceptors (Lipinski definition) is 3. The van der Waals surface area contributed by atoms with Crippen molar-refractivity contribution in [2.24, 2.45) is 0 Å². The summed E-state index contributed by atoms with van der Waals surface area (Å²) in [6.45, 7) is 8.84. The van der Waals surface area contributed by atoms with E-state index in [-0.39, 0.29) is 5.91 Å². The summed E-state index contributed by atoms with van der Waals surface area (Å²) in [7, 11) is 1.69. The van der Waals surface area contributed by atoms with Crippen molar-refractivity contribution in [2.75, 3.05) is 64.4 Å². The number of amides is 1. The molecule has 0 saturated carbocycles. The SMILES string of the molecule is CC(=O)N1CC[N]CC1.COc1ccc(N2CC[N]CC2)cc1. The Bertz CT molecular complexity index is 466. The third kappa shape index (κ3) is 5.73. The first kappa shape index (κ1) is 17.6. The molecule has 23 heavy (non-hydrogen) atoms. The predicted molar refractivity (Wildman–Crippen MR) is 91.2 cm³/mol. The van der Waals surface area contributed by atoms with Crippen molar-refractivity contribution in [1.82, 2.24) is 15.5 Å². The fraction of sp³-hybridized carbons (Fsp3) is 0.588. The Balaban J connectivity index is 0.000000185. The van der Waals surface area contributed by atoms with Gasteiger partial charge < -0.3 is 14.5 Å². The maximum Gasteiger partial charge on any atom is 0.219 e. The molecule has 1 aromatic carbocycles. The van der Waals surface area contributed by atoms with Crippen molar-refractivity contribution < 1.29 is 9.53 Å². The second-order valence-electron chi connectivity index (χ2n) is 5.53. The van der Waals surface area contributed by atoms with Gasteiger partial charge in [-0.3, -0.25) is 4.79 Å². The van der Waals surface area contributed by atoms with Gasteiger partial charge in [0.15, 0.2) is 0 Å². The van der Waals surface area contributed by atoms with Gasteiger partial charge in [0.1, 0.15) is 5.75 Å². The van der Waals surface area contributed by atoms with Crippen LogP contribution in [0.1, 0.15) is 6.92 Å². The molecule has 2 fully saturated rings. The van der Waals surface area contributed by atoms with E-state index in [1.54, 1.807) is 14.0 Å². The van der Waals surface area contributed by atoms with Gasteiger partial charge in [0, 0.05) is 65.0 Å². The first-order valence-corrected chi connectivity index (χ1v) is 8.11. The maximum atomic E-state index is 10.7. The van der Waals surface area contributed by atoms with Crippen LogP contribution < -0.4 is 20.3 Å². The maximum absolute atomic E-state index is 10.7. The van der Waals surface area contributed by atoms with Gasteiger partial charge in [0.05, 0.1) is 7.11 Å². The number of methoxy groups -OCH3 is 1. The summed E-state index contributed by atoms with van der Waals surface area (Å²) in [5.41, 5.74) is 1.26. The zero-order valence-electron chi connectivity index (χ0n) is 14.1. The molecule has 1 amide bonds. The Hall–Kier alpha value is -1.79. The Morgan fingerprint density at radius 1 is 0.957 bits per heavy atom. The lowest BCUT2D eigenvalue weighted by Gasteiger charge is -2.28. The molecule has 0 spiro atoms. The van der Waals surface area contributed by atoms with Gasteiger partial charge in [-0.05, 0) is 24.3 Å². The second kappa shape index (κ2) is 9.37. The van der Waals surface area contributed by atoms with E-state index in [1.807, 2.05) is 17.0 Å². The molecule has 0 aromatic heterocycles. The molecule has 2 saturated heterocycles. The average Bonchev–Trinajstić information content (AvgIpc) is 2.64. The highest BCUT2D eigenvalue weighted by Gasteiger charge is 2.11. The van der Waals surface area contributed by atoms with Gasteiger partial charge in [0.25, 0.3) is 0 Å². The minimum Gasteiger partial charge on any atom is -0.497 e. The van der Waals surface area contributed by atoms with E-state index in [4.69, 9.17) is 4.74 Å². The summed E-state index contributed by atoms with van der Waals surface area (Å²) in [5, 5.41) is 8.44. The molecule has 126 valence electrons. The van der Waals surface area contributed by atoms with Gasteiger partial charge in [-0.1, -0.05) is 0 Å². The van der Waals surface area contributed by atoms with E-state index >= 15 is 0 Å². The molecule has 0 bridgehead atoms. The number of piperazine rings is 2. The normalized spacial score (nSPS) is 18.0. The molecule has 1 aromatic rings. The van der Waals surface area contributed by atoms with Crippen LogP contribution in [-0.2, 0) is 4.79 Å². The van der Waals surface area contributed by atoms with Crippen LogP contribution in [0.25, 0.3) is 0 Å². The van der Waals surface area contributed by atoms with Crippen LogP contribution in [0.5, 0.6) is 5.75 Å². The predicted octanol–water partition coefficient (Wildman–Crippen LogP) is 0.573. The van der Waals surface area contributed by atoms with Gasteiger partial charge in [-0.2, -0.15) is 0 Å². The molecule has 0 unspecified atom stereocenters. The average molecular weight is 318 g/mol. The minimum absolute atomic E-state index is 0.171. The van der Waals surface area contributed by atoms with E-state index < -0.39 is 0 Å². The fourth-order valence-electron chi connectivity index (χ4n) is 2.58. The largest absolute Gasteiger partial charge is 0.497 e. The third-order valence-corrected chi connectivity index (χ3v) is 4.00. The van der Waals surface area contributed by atoms with E-state index in [2.05, 4.69) is 27.7 Å². The van der Waals surface area contributed by atoms with Crippen LogP contribution in [-0.4, -0.2) is 70.3 Å². The molecular weight excluding hydrogens is 292 g/mol. The lowest BCUT2D eigenvalue weighted by atomic mass is 10.2. The van der Waals surface area contributed by atoms with Crippen LogP contribution in [0, 0.1) is 0 Å². The minimum atomic E-state index is 0.171. The number of carbonyl (C=O) groups is 1. The van der Waals surface area contributed by atoms with Gasteiger partial charge in [0.2, 0.25) is 5.91 Å². The molecular formula is C17H26N4O2. The Labute approximate surface area is 138 Å². The number of anilines is 1. The summed E-state index contributed by atoms with van der Waals surface area (Å²) < 4.78 is 5.12. The van der Waals surface area contributed by atoms with Crippen LogP contribution in [0.2, 0.25) is 0 Å². The summed E-state index contributed by atoms with van der Waals surface area (Å²) in [4.78, 5) is 14.9. The van der Waals surface area contributed by atoms with Gasteiger partial charge in [-0.25, -0.2) is 10.6 Å². The fourth-order valence-corrected chi connectivity index (χ4v) is 2.58. The van der Waals surface area contributed by atoms with Crippen molar-refractivity contribution >= 4 is 11.6 Å². The highest BCUT2D eigenvalue weighted by atomic mass is 16.5. The molecule has 0 N–H and O–H groups in total. The molecule has 6 heteroatoms. The third-order valence-electron chi connectivity index (χ3n) is 4.00. The Morgan fingerprint density at radius 2 is 1.48 bits per heavy atom. The zero-order chi connectivity index (χ0) is 16.5. The summed E-state index contributed by atoms with van der Waals surface area (Å²) >= 11 is 0. The summed E-state index contributed by atoms with van der Waals surface area (Å²) in [6, 6.07) is 8.20. The monoisotopic (exact) mass is 318 g/mol. The van der Waals surface area contributed by atoms with E-state index in [0.29, 0.717) is 0 Å². The molecule has 2 heterocycles. The highest BCUT2D eigenvalue weighted by Crippen LogP contribution is 2.19. The van der Waals surface area contributed by atoms with Crippen molar-refractivity contribution in [1.29, 1.82) is 0 Å². The van der Waals surface area contributed by atoms with E-state index in [9.17, 15) is 4.79 Å². The van der Waals surface area contributed by atoms with E-state index in [0.717, 1.165) is 58.1 Å². The Morgan fingerprint density at radius 3 is 1.91 bits per heavy atom. The smallest absolute Gasteiger partial charge is 0.219 e. The van der Waals surface area contributed by atoms with Crippen LogP contribution in [0.3, 0.4) is 0 Å². The summed E-state index contributed by atoms with van der Waals surface area (Å²) in [6.07, 6.45) is 0. The second-order valence-corrected chi connectivity index (χ2v) is 5.53. The highest BCUT2D eigenvalue weighted by molar-refractivity contribution is 5.73.